The SMILES string of the molecule is COC1OC(C)(C)N(C(C)=O)[C@H]1[C@@](O)(C(=O)O[C@@H]1C[C@H](C)CC[C@H]1C(C)C)c1ccccc1. The van der Waals surface area contributed by atoms with Crippen LogP contribution in [0.25, 0.3) is 0 Å². The number of carbonyl (C=O) groups excluding carboxylic acids is 2. The number of hydrogen-bond acceptors (Lipinski definition) is 6. The molecule has 2 aliphatic rings. The molecule has 7 heteroatoms. The van der Waals surface area contributed by atoms with Crippen molar-refractivity contribution in [2.75, 3.05) is 7.11 Å². The molecule has 0 radical (unpaired) electrons. The molecule has 1 heterocycles. The van der Waals surface area contributed by atoms with Crippen molar-refractivity contribution < 1.29 is 28.9 Å². The number of rotatable bonds is 6. The molecule has 1 saturated heterocycles. The van der Waals surface area contributed by atoms with Crippen molar-refractivity contribution in [3.8, 4) is 0 Å². The van der Waals surface area contributed by atoms with Gasteiger partial charge in [0, 0.05) is 14.0 Å². The summed E-state index contributed by atoms with van der Waals surface area (Å²) < 4.78 is 17.6. The molecule has 7 nitrogen and oxygen atoms in total. The van der Waals surface area contributed by atoms with Crippen LogP contribution in [-0.2, 0) is 29.4 Å². The van der Waals surface area contributed by atoms with Gasteiger partial charge >= 0.3 is 5.97 Å². The van der Waals surface area contributed by atoms with E-state index in [0.29, 0.717) is 17.4 Å². The average Bonchev–Trinajstić information content (AvgIpc) is 3.04. The maximum absolute atomic E-state index is 13.9. The van der Waals surface area contributed by atoms with Gasteiger partial charge in [-0.2, -0.15) is 0 Å². The zero-order valence-corrected chi connectivity index (χ0v) is 20.9. The summed E-state index contributed by atoms with van der Waals surface area (Å²) in [5.74, 6) is -0.134. The van der Waals surface area contributed by atoms with Crippen molar-refractivity contribution in [3.63, 3.8) is 0 Å². The molecule has 6 atom stereocenters. The molecule has 1 N–H and O–H groups in total. The summed E-state index contributed by atoms with van der Waals surface area (Å²) in [7, 11) is 1.44. The predicted octanol–water partition coefficient (Wildman–Crippen LogP) is 3.83. The molecule has 1 unspecified atom stereocenters. The van der Waals surface area contributed by atoms with Gasteiger partial charge in [0.1, 0.15) is 17.9 Å². The van der Waals surface area contributed by atoms with Crippen molar-refractivity contribution in [1.29, 1.82) is 0 Å². The molecule has 0 bridgehead atoms. The summed E-state index contributed by atoms with van der Waals surface area (Å²) in [5, 5.41) is 12.2. The summed E-state index contributed by atoms with van der Waals surface area (Å²) in [4.78, 5) is 28.0. The lowest BCUT2D eigenvalue weighted by Gasteiger charge is -2.42. The van der Waals surface area contributed by atoms with Crippen molar-refractivity contribution in [1.82, 2.24) is 4.90 Å². The number of methoxy groups -OCH3 is 1. The second-order valence-electron chi connectivity index (χ2n) is 10.4. The number of carbonyl (C=O) groups is 2. The summed E-state index contributed by atoms with van der Waals surface area (Å²) >= 11 is 0. The van der Waals surface area contributed by atoms with Crippen LogP contribution in [0, 0.1) is 17.8 Å². The molecular weight excluding hydrogens is 422 g/mol. The van der Waals surface area contributed by atoms with Gasteiger partial charge in [0.15, 0.2) is 6.29 Å². The van der Waals surface area contributed by atoms with Gasteiger partial charge in [0.05, 0.1) is 0 Å². The van der Waals surface area contributed by atoms with Gasteiger partial charge in [0.25, 0.3) is 0 Å². The van der Waals surface area contributed by atoms with Crippen LogP contribution < -0.4 is 0 Å². The summed E-state index contributed by atoms with van der Waals surface area (Å²) in [6, 6.07) is 7.51. The Morgan fingerprint density at radius 3 is 2.39 bits per heavy atom. The molecule has 0 spiro atoms. The van der Waals surface area contributed by atoms with Crippen LogP contribution in [0.2, 0.25) is 0 Å². The zero-order valence-electron chi connectivity index (χ0n) is 20.9. The Balaban J connectivity index is 2.07. The Labute approximate surface area is 197 Å². The standard InChI is InChI=1S/C26H39NO6/c1-16(2)20-14-13-17(3)15-21(20)32-24(29)26(30,19-11-9-8-10-12-19)22-23(31-7)33-25(5,6)27(22)18(4)28/h8-12,16-17,20-23,30H,13-15H2,1-7H3/t17-,20+,21-,22-,23?,26-/m1/s1. The van der Waals surface area contributed by atoms with E-state index in [-0.39, 0.29) is 17.9 Å². The highest BCUT2D eigenvalue weighted by Gasteiger charge is 2.62. The zero-order chi connectivity index (χ0) is 24.6. The van der Waals surface area contributed by atoms with Crippen LogP contribution >= 0.6 is 0 Å². The average molecular weight is 462 g/mol. The molecule has 1 saturated carbocycles. The number of benzene rings is 1. The van der Waals surface area contributed by atoms with Gasteiger partial charge in [-0.1, -0.05) is 57.5 Å². The molecule has 33 heavy (non-hydrogen) atoms. The Hall–Kier alpha value is -1.96. The second kappa shape index (κ2) is 9.72. The van der Waals surface area contributed by atoms with Crippen molar-refractivity contribution in [3.05, 3.63) is 35.9 Å². The molecular formula is C26H39NO6. The minimum absolute atomic E-state index is 0.212. The Kier molecular flexibility index (Phi) is 7.56. The van der Waals surface area contributed by atoms with E-state index >= 15 is 0 Å². The first-order valence-electron chi connectivity index (χ1n) is 11.9. The molecule has 1 aromatic rings. The molecule has 2 fully saturated rings. The van der Waals surface area contributed by atoms with Gasteiger partial charge in [-0.25, -0.2) is 4.79 Å². The lowest BCUT2D eigenvalue weighted by atomic mass is 9.75. The minimum atomic E-state index is -2.18. The third kappa shape index (κ3) is 4.81. The lowest BCUT2D eigenvalue weighted by Crippen LogP contribution is -2.61. The van der Waals surface area contributed by atoms with E-state index in [0.717, 1.165) is 19.3 Å². The van der Waals surface area contributed by atoms with Crippen molar-refractivity contribution in [2.24, 2.45) is 17.8 Å². The van der Waals surface area contributed by atoms with Gasteiger partial charge < -0.3 is 24.2 Å². The van der Waals surface area contributed by atoms with Gasteiger partial charge in [-0.05, 0) is 50.0 Å². The fraction of sp³-hybridized carbons (Fsp3) is 0.692. The third-order valence-corrected chi connectivity index (χ3v) is 7.27. The molecule has 1 aliphatic heterocycles. The molecule has 1 aromatic carbocycles. The van der Waals surface area contributed by atoms with E-state index in [1.807, 2.05) is 0 Å². The highest BCUT2D eigenvalue weighted by Crippen LogP contribution is 2.44. The van der Waals surface area contributed by atoms with E-state index in [1.165, 1.54) is 18.9 Å². The van der Waals surface area contributed by atoms with Crippen LogP contribution in [0.1, 0.15) is 66.4 Å². The van der Waals surface area contributed by atoms with Crippen LogP contribution in [0.5, 0.6) is 0 Å². The topological polar surface area (TPSA) is 85.3 Å². The lowest BCUT2D eigenvalue weighted by molar-refractivity contribution is -0.198. The predicted molar refractivity (Wildman–Crippen MR) is 124 cm³/mol. The maximum atomic E-state index is 13.9. The quantitative estimate of drug-likeness (QED) is 0.648. The summed E-state index contributed by atoms with van der Waals surface area (Å²) in [6.07, 6.45) is 1.48. The maximum Gasteiger partial charge on any atom is 0.345 e. The number of ether oxygens (including phenoxy) is 3. The number of amides is 1. The van der Waals surface area contributed by atoms with Crippen LogP contribution in [-0.4, -0.2) is 53.2 Å². The Morgan fingerprint density at radius 1 is 1.21 bits per heavy atom. The van der Waals surface area contributed by atoms with E-state index in [9.17, 15) is 14.7 Å². The molecule has 0 aromatic heterocycles. The van der Waals surface area contributed by atoms with E-state index in [4.69, 9.17) is 14.2 Å². The molecule has 3 rings (SSSR count). The third-order valence-electron chi connectivity index (χ3n) is 7.27. The minimum Gasteiger partial charge on any atom is -0.460 e. The fourth-order valence-electron chi connectivity index (χ4n) is 5.58. The fourth-order valence-corrected chi connectivity index (χ4v) is 5.58. The van der Waals surface area contributed by atoms with E-state index in [2.05, 4.69) is 20.8 Å². The Bertz CT molecular complexity index is 840. The largest absolute Gasteiger partial charge is 0.460 e. The monoisotopic (exact) mass is 461 g/mol. The van der Waals surface area contributed by atoms with Gasteiger partial charge in [0.2, 0.25) is 11.5 Å². The van der Waals surface area contributed by atoms with Crippen molar-refractivity contribution >= 4 is 11.9 Å². The van der Waals surface area contributed by atoms with Gasteiger partial charge in [-0.15, -0.1) is 0 Å². The van der Waals surface area contributed by atoms with Crippen LogP contribution in [0.15, 0.2) is 30.3 Å². The highest BCUT2D eigenvalue weighted by molar-refractivity contribution is 5.84. The van der Waals surface area contributed by atoms with Gasteiger partial charge in [-0.3, -0.25) is 4.79 Å². The number of esters is 1. The van der Waals surface area contributed by atoms with Crippen molar-refractivity contribution in [2.45, 2.75) is 90.6 Å². The first-order valence-corrected chi connectivity index (χ1v) is 11.9. The summed E-state index contributed by atoms with van der Waals surface area (Å²) in [5.41, 5.74) is -2.93. The molecule has 1 aliphatic carbocycles. The number of aliphatic hydroxyl groups is 1. The molecule has 1 amide bonds. The smallest absolute Gasteiger partial charge is 0.345 e. The Morgan fingerprint density at radius 2 is 1.85 bits per heavy atom. The van der Waals surface area contributed by atoms with E-state index in [1.54, 1.807) is 44.2 Å². The number of hydrogen-bond donors (Lipinski definition) is 1. The normalized spacial score (nSPS) is 31.3. The van der Waals surface area contributed by atoms with E-state index < -0.39 is 29.6 Å². The van der Waals surface area contributed by atoms with Crippen LogP contribution in [0.3, 0.4) is 0 Å². The first-order chi connectivity index (χ1) is 15.4. The molecule has 184 valence electrons. The first kappa shape index (κ1) is 25.7. The number of nitrogens with zero attached hydrogens (tertiary/aromatic N) is 1. The van der Waals surface area contributed by atoms with Crippen LogP contribution in [0.4, 0.5) is 0 Å². The highest BCUT2D eigenvalue weighted by atomic mass is 16.7. The summed E-state index contributed by atoms with van der Waals surface area (Å²) in [6.45, 7) is 11.3. The second-order valence-corrected chi connectivity index (χ2v) is 10.4.